The van der Waals surface area contributed by atoms with Crippen LogP contribution in [0, 0.1) is 0 Å². The first-order valence-electron chi connectivity index (χ1n) is 3.96. The summed E-state index contributed by atoms with van der Waals surface area (Å²) in [5.74, 6) is 0.761. The summed E-state index contributed by atoms with van der Waals surface area (Å²) in [6.07, 6.45) is 0.786. The van der Waals surface area contributed by atoms with Crippen molar-refractivity contribution in [1.29, 1.82) is 0 Å². The molecule has 0 heterocycles. The first-order valence-corrected chi connectivity index (χ1v) is 5.07. The third kappa shape index (κ3) is 2.29. The highest BCUT2D eigenvalue weighted by molar-refractivity contribution is 7.79. The van der Waals surface area contributed by atoms with Crippen LogP contribution in [0.5, 0.6) is 5.75 Å². The topological polar surface area (TPSA) is 46.5 Å². The van der Waals surface area contributed by atoms with Crippen LogP contribution < -0.4 is 4.74 Å². The van der Waals surface area contributed by atoms with Crippen LogP contribution in [-0.2, 0) is 17.5 Å². The maximum Gasteiger partial charge on any atom is 0.186 e. The van der Waals surface area contributed by atoms with Crippen molar-refractivity contribution in [2.45, 2.75) is 18.2 Å². The minimum Gasteiger partial charge on any atom is -0.496 e. The molecular weight excluding hydrogens is 188 g/mol. The number of aryl methyl sites for hydroxylation is 1. The van der Waals surface area contributed by atoms with Gasteiger partial charge in [0.2, 0.25) is 0 Å². The highest BCUT2D eigenvalue weighted by Gasteiger charge is 2.05. The van der Waals surface area contributed by atoms with E-state index in [9.17, 15) is 4.21 Å². The summed E-state index contributed by atoms with van der Waals surface area (Å²) in [5, 5.41) is 0. The minimum absolute atomic E-state index is 0.414. The van der Waals surface area contributed by atoms with Crippen molar-refractivity contribution < 1.29 is 13.5 Å². The van der Waals surface area contributed by atoms with Crippen molar-refractivity contribution in [3.63, 3.8) is 0 Å². The Labute approximate surface area is 80.0 Å². The van der Waals surface area contributed by atoms with Gasteiger partial charge in [-0.05, 0) is 30.2 Å². The summed E-state index contributed by atoms with van der Waals surface area (Å²) >= 11 is -1.91. The SMILES string of the molecule is CCc1cc(S(=O)O)ccc1OC. The first kappa shape index (κ1) is 10.2. The van der Waals surface area contributed by atoms with E-state index in [1.165, 1.54) is 0 Å². The molecule has 0 amide bonds. The third-order valence-electron chi connectivity index (χ3n) is 1.83. The molecule has 0 saturated carbocycles. The Bertz CT molecular complexity index is 323. The molecule has 13 heavy (non-hydrogen) atoms. The van der Waals surface area contributed by atoms with E-state index in [1.54, 1.807) is 25.3 Å². The molecule has 1 aromatic carbocycles. The fourth-order valence-electron chi connectivity index (χ4n) is 1.14. The molecule has 0 aliphatic carbocycles. The second kappa shape index (κ2) is 4.39. The van der Waals surface area contributed by atoms with Gasteiger partial charge < -0.3 is 9.29 Å². The van der Waals surface area contributed by atoms with Gasteiger partial charge in [-0.3, -0.25) is 0 Å². The molecule has 0 aliphatic rings. The summed E-state index contributed by atoms with van der Waals surface area (Å²) in [4.78, 5) is 0.414. The lowest BCUT2D eigenvalue weighted by atomic mass is 10.1. The zero-order chi connectivity index (χ0) is 9.84. The second-order valence-corrected chi connectivity index (χ2v) is 3.55. The molecule has 3 nitrogen and oxygen atoms in total. The molecule has 1 N–H and O–H groups in total. The summed E-state index contributed by atoms with van der Waals surface area (Å²) in [6.45, 7) is 1.97. The fraction of sp³-hybridized carbons (Fsp3) is 0.333. The molecule has 1 rings (SSSR count). The van der Waals surface area contributed by atoms with Gasteiger partial charge in [-0.15, -0.1) is 0 Å². The number of rotatable bonds is 3. The van der Waals surface area contributed by atoms with Gasteiger partial charge in [-0.1, -0.05) is 6.92 Å². The molecule has 0 spiro atoms. The fourth-order valence-corrected chi connectivity index (χ4v) is 1.57. The van der Waals surface area contributed by atoms with Crippen LogP contribution >= 0.6 is 0 Å². The molecule has 0 bridgehead atoms. The molecule has 1 unspecified atom stereocenters. The maximum atomic E-state index is 10.7. The molecule has 0 saturated heterocycles. The van der Waals surface area contributed by atoms with Crippen molar-refractivity contribution in [3.05, 3.63) is 23.8 Å². The van der Waals surface area contributed by atoms with Gasteiger partial charge in [-0.2, -0.15) is 0 Å². The van der Waals surface area contributed by atoms with Crippen molar-refractivity contribution in [2.75, 3.05) is 7.11 Å². The van der Waals surface area contributed by atoms with E-state index in [0.717, 1.165) is 17.7 Å². The van der Waals surface area contributed by atoms with E-state index < -0.39 is 11.1 Å². The standard InChI is InChI=1S/C9H12O3S/c1-3-7-6-8(13(10)11)4-5-9(7)12-2/h4-6H,3H2,1-2H3,(H,10,11). The average molecular weight is 200 g/mol. The van der Waals surface area contributed by atoms with Gasteiger partial charge in [-0.25, -0.2) is 4.21 Å². The van der Waals surface area contributed by atoms with Gasteiger partial charge >= 0.3 is 0 Å². The van der Waals surface area contributed by atoms with Gasteiger partial charge in [0.15, 0.2) is 11.1 Å². The van der Waals surface area contributed by atoms with Gasteiger partial charge in [0, 0.05) is 0 Å². The van der Waals surface area contributed by atoms with E-state index >= 15 is 0 Å². The lowest BCUT2D eigenvalue weighted by molar-refractivity contribution is 0.409. The molecule has 0 aromatic heterocycles. The number of hydrogen-bond acceptors (Lipinski definition) is 2. The molecule has 1 atom stereocenters. The normalized spacial score (nSPS) is 12.5. The molecule has 0 fully saturated rings. The van der Waals surface area contributed by atoms with Crippen LogP contribution in [0.4, 0.5) is 0 Å². The van der Waals surface area contributed by atoms with E-state index in [-0.39, 0.29) is 0 Å². The van der Waals surface area contributed by atoms with Crippen LogP contribution in [0.3, 0.4) is 0 Å². The number of benzene rings is 1. The number of methoxy groups -OCH3 is 1. The molecule has 0 aliphatic heterocycles. The van der Waals surface area contributed by atoms with Crippen LogP contribution in [-0.4, -0.2) is 15.9 Å². The summed E-state index contributed by atoms with van der Waals surface area (Å²) in [7, 11) is 1.59. The van der Waals surface area contributed by atoms with Gasteiger partial charge in [0.1, 0.15) is 5.75 Å². The average Bonchev–Trinajstić information content (AvgIpc) is 2.16. The van der Waals surface area contributed by atoms with Crippen molar-refractivity contribution in [1.82, 2.24) is 0 Å². The third-order valence-corrected chi connectivity index (χ3v) is 2.49. The van der Waals surface area contributed by atoms with Crippen molar-refractivity contribution in [3.8, 4) is 5.75 Å². The zero-order valence-corrected chi connectivity index (χ0v) is 8.43. The Kier molecular flexibility index (Phi) is 3.45. The Hall–Kier alpha value is -0.870. The Morgan fingerprint density at radius 3 is 2.69 bits per heavy atom. The quantitative estimate of drug-likeness (QED) is 0.757. The maximum absolute atomic E-state index is 10.7. The Morgan fingerprint density at radius 2 is 2.23 bits per heavy atom. The molecule has 72 valence electrons. The first-order chi connectivity index (χ1) is 6.19. The number of ether oxygens (including phenoxy) is 1. The Balaban J connectivity index is 3.13. The van der Waals surface area contributed by atoms with Crippen LogP contribution in [0.15, 0.2) is 23.1 Å². The van der Waals surface area contributed by atoms with Crippen LogP contribution in [0.25, 0.3) is 0 Å². The lowest BCUT2D eigenvalue weighted by Crippen LogP contribution is -1.94. The molecule has 0 radical (unpaired) electrons. The highest BCUT2D eigenvalue weighted by Crippen LogP contribution is 2.21. The van der Waals surface area contributed by atoms with E-state index in [4.69, 9.17) is 9.29 Å². The van der Waals surface area contributed by atoms with E-state index in [1.807, 2.05) is 6.92 Å². The van der Waals surface area contributed by atoms with E-state index in [0.29, 0.717) is 4.90 Å². The van der Waals surface area contributed by atoms with Gasteiger partial charge in [0.05, 0.1) is 12.0 Å². The second-order valence-electron chi connectivity index (χ2n) is 2.58. The number of hydrogen-bond donors (Lipinski definition) is 1. The molecular formula is C9H12O3S. The Morgan fingerprint density at radius 1 is 1.54 bits per heavy atom. The van der Waals surface area contributed by atoms with E-state index in [2.05, 4.69) is 0 Å². The van der Waals surface area contributed by atoms with Crippen molar-refractivity contribution >= 4 is 11.1 Å². The molecule has 4 heteroatoms. The largest absolute Gasteiger partial charge is 0.496 e. The van der Waals surface area contributed by atoms with Gasteiger partial charge in [0.25, 0.3) is 0 Å². The predicted octanol–water partition coefficient (Wildman–Crippen LogP) is 1.84. The minimum atomic E-state index is -1.91. The lowest BCUT2D eigenvalue weighted by Gasteiger charge is -2.06. The summed E-state index contributed by atoms with van der Waals surface area (Å²) in [6, 6.07) is 4.99. The summed E-state index contributed by atoms with van der Waals surface area (Å²) < 4.78 is 24.7. The highest BCUT2D eigenvalue weighted by atomic mass is 32.2. The van der Waals surface area contributed by atoms with Crippen LogP contribution in [0.2, 0.25) is 0 Å². The predicted molar refractivity (Wildman–Crippen MR) is 51.4 cm³/mol. The smallest absolute Gasteiger partial charge is 0.186 e. The zero-order valence-electron chi connectivity index (χ0n) is 7.61. The summed E-state index contributed by atoms with van der Waals surface area (Å²) in [5.41, 5.74) is 0.947. The van der Waals surface area contributed by atoms with Crippen molar-refractivity contribution in [2.24, 2.45) is 0 Å². The molecule has 1 aromatic rings. The van der Waals surface area contributed by atoms with Crippen LogP contribution in [0.1, 0.15) is 12.5 Å². The monoisotopic (exact) mass is 200 g/mol.